The number of urea groups is 1. The number of nitrogens with one attached hydrogen (secondary N) is 1. The van der Waals surface area contributed by atoms with Gasteiger partial charge in [0.05, 0.1) is 12.6 Å². The molecule has 1 heterocycles. The van der Waals surface area contributed by atoms with Gasteiger partial charge in [0, 0.05) is 24.7 Å². The Kier molecular flexibility index (Phi) is 4.60. The summed E-state index contributed by atoms with van der Waals surface area (Å²) in [5, 5.41) is 2.97. The fourth-order valence-electron chi connectivity index (χ4n) is 1.89. The minimum Gasteiger partial charge on any atom is -0.379 e. The van der Waals surface area contributed by atoms with E-state index in [9.17, 15) is 4.79 Å². The van der Waals surface area contributed by atoms with Crippen LogP contribution in [-0.4, -0.2) is 37.2 Å². The average Bonchev–Trinajstić information content (AvgIpc) is 2.84. The number of nitrogens with zero attached hydrogens (tertiary/aromatic N) is 1. The van der Waals surface area contributed by atoms with Gasteiger partial charge in [0.2, 0.25) is 0 Å². The van der Waals surface area contributed by atoms with Gasteiger partial charge in [-0.05, 0) is 18.1 Å². The first kappa shape index (κ1) is 13.4. The normalized spacial score (nSPS) is 18.7. The summed E-state index contributed by atoms with van der Waals surface area (Å²) in [6.45, 7) is 1.94. The Balaban J connectivity index is 1.89. The Morgan fingerprint density at radius 1 is 1.56 bits per heavy atom. The summed E-state index contributed by atoms with van der Waals surface area (Å²) >= 11 is 3.48. The lowest BCUT2D eigenvalue weighted by molar-refractivity contribution is 0.181. The summed E-state index contributed by atoms with van der Waals surface area (Å²) in [6.07, 6.45) is 0.897. The van der Waals surface area contributed by atoms with E-state index in [-0.39, 0.29) is 12.1 Å². The number of ether oxygens (including phenoxy) is 1. The third-order valence-corrected chi connectivity index (χ3v) is 3.74. The lowest BCUT2D eigenvalue weighted by Crippen LogP contribution is -2.43. The fraction of sp³-hybridized carbons (Fsp3) is 0.462. The maximum absolute atomic E-state index is 12.0. The van der Waals surface area contributed by atoms with Crippen LogP contribution in [0.25, 0.3) is 0 Å². The van der Waals surface area contributed by atoms with Gasteiger partial charge in [-0.3, -0.25) is 0 Å². The molecular formula is C13H17BrN2O2. The Labute approximate surface area is 115 Å². The molecule has 1 atom stereocenters. The molecule has 0 saturated carbocycles. The molecule has 4 nitrogen and oxygen atoms in total. The highest BCUT2D eigenvalue weighted by Gasteiger charge is 2.19. The zero-order chi connectivity index (χ0) is 13.0. The van der Waals surface area contributed by atoms with E-state index in [4.69, 9.17) is 4.74 Å². The number of carbonyl (C=O) groups is 1. The number of carbonyl (C=O) groups excluding carboxylic acids is 1. The van der Waals surface area contributed by atoms with Crippen LogP contribution in [0.2, 0.25) is 0 Å². The molecule has 98 valence electrons. The van der Waals surface area contributed by atoms with Crippen LogP contribution in [0.3, 0.4) is 0 Å². The average molecular weight is 313 g/mol. The molecule has 1 fully saturated rings. The van der Waals surface area contributed by atoms with Crippen molar-refractivity contribution in [3.8, 4) is 0 Å². The number of hydrogen-bond acceptors (Lipinski definition) is 2. The number of benzene rings is 1. The Hall–Kier alpha value is -1.07. The van der Waals surface area contributed by atoms with Crippen LogP contribution in [-0.2, 0) is 11.3 Å². The largest absolute Gasteiger partial charge is 0.379 e. The zero-order valence-electron chi connectivity index (χ0n) is 10.4. The van der Waals surface area contributed by atoms with E-state index in [0.29, 0.717) is 13.2 Å². The molecule has 1 aromatic carbocycles. The summed E-state index contributed by atoms with van der Waals surface area (Å²) in [5.74, 6) is 0. The Bertz CT molecular complexity index is 419. The SMILES string of the molecule is CN(Cc1ccccc1Br)C(=O)NC1CCOC1. The maximum Gasteiger partial charge on any atom is 0.317 e. The molecule has 0 bridgehead atoms. The fourth-order valence-corrected chi connectivity index (χ4v) is 2.30. The predicted octanol–water partition coefficient (Wildman–Crippen LogP) is 2.38. The van der Waals surface area contributed by atoms with Crippen molar-refractivity contribution in [1.29, 1.82) is 0 Å². The monoisotopic (exact) mass is 312 g/mol. The highest BCUT2D eigenvalue weighted by Crippen LogP contribution is 2.17. The van der Waals surface area contributed by atoms with E-state index in [1.54, 1.807) is 11.9 Å². The molecule has 1 aliphatic heterocycles. The first-order valence-corrected chi connectivity index (χ1v) is 6.79. The van der Waals surface area contributed by atoms with E-state index < -0.39 is 0 Å². The molecule has 1 saturated heterocycles. The molecule has 0 spiro atoms. The van der Waals surface area contributed by atoms with Gasteiger partial charge in [-0.1, -0.05) is 34.1 Å². The summed E-state index contributed by atoms with van der Waals surface area (Å²) in [4.78, 5) is 13.6. The second-order valence-electron chi connectivity index (χ2n) is 4.46. The van der Waals surface area contributed by atoms with Gasteiger partial charge in [0.25, 0.3) is 0 Å². The second kappa shape index (κ2) is 6.20. The van der Waals surface area contributed by atoms with Gasteiger partial charge in [0.1, 0.15) is 0 Å². The summed E-state index contributed by atoms with van der Waals surface area (Å²) in [7, 11) is 1.80. The van der Waals surface area contributed by atoms with Crippen molar-refractivity contribution in [2.24, 2.45) is 0 Å². The van der Waals surface area contributed by atoms with Gasteiger partial charge < -0.3 is 15.0 Å². The summed E-state index contributed by atoms with van der Waals surface area (Å²) in [5.41, 5.74) is 1.10. The minimum absolute atomic E-state index is 0.0544. The quantitative estimate of drug-likeness (QED) is 0.931. The van der Waals surface area contributed by atoms with Crippen LogP contribution >= 0.6 is 15.9 Å². The molecule has 1 unspecified atom stereocenters. The molecule has 0 aromatic heterocycles. The van der Waals surface area contributed by atoms with Gasteiger partial charge in [0.15, 0.2) is 0 Å². The van der Waals surface area contributed by atoms with Crippen LogP contribution in [0.4, 0.5) is 4.79 Å². The number of amides is 2. The molecule has 0 radical (unpaired) electrons. The third-order valence-electron chi connectivity index (χ3n) is 2.97. The zero-order valence-corrected chi connectivity index (χ0v) is 11.9. The summed E-state index contributed by atoms with van der Waals surface area (Å²) < 4.78 is 6.26. The Morgan fingerprint density at radius 3 is 3.00 bits per heavy atom. The van der Waals surface area contributed by atoms with E-state index in [0.717, 1.165) is 23.1 Å². The summed E-state index contributed by atoms with van der Waals surface area (Å²) in [6, 6.07) is 8.01. The number of halogens is 1. The van der Waals surface area contributed by atoms with Gasteiger partial charge in [-0.15, -0.1) is 0 Å². The minimum atomic E-state index is -0.0544. The molecule has 2 rings (SSSR count). The standard InChI is InChI=1S/C13H17BrN2O2/c1-16(8-10-4-2-3-5-12(10)14)13(17)15-11-6-7-18-9-11/h2-5,11H,6-9H2,1H3,(H,15,17). The molecule has 1 aromatic rings. The predicted molar refractivity (Wildman–Crippen MR) is 73.4 cm³/mol. The lowest BCUT2D eigenvalue weighted by atomic mass is 10.2. The maximum atomic E-state index is 12.0. The highest BCUT2D eigenvalue weighted by molar-refractivity contribution is 9.10. The van der Waals surface area contributed by atoms with Gasteiger partial charge in [-0.2, -0.15) is 0 Å². The van der Waals surface area contributed by atoms with Crippen molar-refractivity contribution >= 4 is 22.0 Å². The molecule has 18 heavy (non-hydrogen) atoms. The molecular weight excluding hydrogens is 296 g/mol. The number of rotatable bonds is 3. The molecule has 1 aliphatic rings. The molecule has 5 heteroatoms. The van der Waals surface area contributed by atoms with Crippen molar-refractivity contribution < 1.29 is 9.53 Å². The van der Waals surface area contributed by atoms with Crippen LogP contribution in [0.15, 0.2) is 28.7 Å². The van der Waals surface area contributed by atoms with Crippen molar-refractivity contribution in [2.45, 2.75) is 19.0 Å². The highest BCUT2D eigenvalue weighted by atomic mass is 79.9. The van der Waals surface area contributed by atoms with Crippen LogP contribution < -0.4 is 5.32 Å². The Morgan fingerprint density at radius 2 is 2.33 bits per heavy atom. The van der Waals surface area contributed by atoms with E-state index in [2.05, 4.69) is 21.2 Å². The van der Waals surface area contributed by atoms with Crippen LogP contribution in [0.1, 0.15) is 12.0 Å². The first-order valence-electron chi connectivity index (χ1n) is 5.99. The smallest absolute Gasteiger partial charge is 0.317 e. The van der Waals surface area contributed by atoms with Crippen molar-refractivity contribution in [2.75, 3.05) is 20.3 Å². The van der Waals surface area contributed by atoms with E-state index >= 15 is 0 Å². The first-order chi connectivity index (χ1) is 8.66. The molecule has 2 amide bonds. The van der Waals surface area contributed by atoms with Crippen molar-refractivity contribution in [3.05, 3.63) is 34.3 Å². The second-order valence-corrected chi connectivity index (χ2v) is 5.31. The molecule has 1 N–H and O–H groups in total. The van der Waals surface area contributed by atoms with E-state index in [1.165, 1.54) is 0 Å². The van der Waals surface area contributed by atoms with E-state index in [1.807, 2.05) is 24.3 Å². The topological polar surface area (TPSA) is 41.6 Å². The van der Waals surface area contributed by atoms with Crippen molar-refractivity contribution in [1.82, 2.24) is 10.2 Å². The molecule has 0 aliphatic carbocycles. The van der Waals surface area contributed by atoms with Crippen LogP contribution in [0, 0.1) is 0 Å². The van der Waals surface area contributed by atoms with Crippen molar-refractivity contribution in [3.63, 3.8) is 0 Å². The number of hydrogen-bond donors (Lipinski definition) is 1. The van der Waals surface area contributed by atoms with Crippen LogP contribution in [0.5, 0.6) is 0 Å². The van der Waals surface area contributed by atoms with Gasteiger partial charge in [-0.25, -0.2) is 4.79 Å². The third kappa shape index (κ3) is 3.46. The van der Waals surface area contributed by atoms with Gasteiger partial charge >= 0.3 is 6.03 Å². The lowest BCUT2D eigenvalue weighted by Gasteiger charge is -2.21.